The van der Waals surface area contributed by atoms with Gasteiger partial charge in [0.2, 0.25) is 0 Å². The molecular formula is C14H32Cl2O2. The molecule has 2 N–H and O–H groups in total. The fourth-order valence-corrected chi connectivity index (χ4v) is 1.64. The Morgan fingerprint density at radius 2 is 1.22 bits per heavy atom. The van der Waals surface area contributed by atoms with Crippen molar-refractivity contribution in [3.8, 4) is 0 Å². The van der Waals surface area contributed by atoms with Gasteiger partial charge < -0.3 is 10.2 Å². The molecule has 0 rings (SSSR count). The van der Waals surface area contributed by atoms with Gasteiger partial charge in [-0.1, -0.05) is 58.8 Å². The molecule has 0 aliphatic heterocycles. The zero-order chi connectivity index (χ0) is 13.4. The first kappa shape index (κ1) is 23.6. The number of aliphatic hydroxyl groups is 2. The van der Waals surface area contributed by atoms with Gasteiger partial charge in [-0.2, -0.15) is 0 Å². The largest absolute Gasteiger partial charge is 0.368 e. The minimum Gasteiger partial charge on any atom is -0.368 e. The number of alkyl halides is 1. The topological polar surface area (TPSA) is 40.5 Å². The van der Waals surface area contributed by atoms with Crippen molar-refractivity contribution >= 4 is 24.0 Å². The van der Waals surface area contributed by atoms with Crippen LogP contribution in [0, 0.1) is 0 Å². The van der Waals surface area contributed by atoms with E-state index in [9.17, 15) is 0 Å². The lowest BCUT2D eigenvalue weighted by atomic mass is 10.1. The predicted molar refractivity (Wildman–Crippen MR) is 83.7 cm³/mol. The number of rotatable bonds is 10. The van der Waals surface area contributed by atoms with E-state index in [1.165, 1.54) is 44.9 Å². The highest BCUT2D eigenvalue weighted by molar-refractivity contribution is 6.17. The van der Waals surface area contributed by atoms with Gasteiger partial charge in [0.15, 0.2) is 6.29 Å². The number of halogens is 2. The van der Waals surface area contributed by atoms with Gasteiger partial charge in [-0.15, -0.1) is 24.0 Å². The number of unbranched alkanes of at least 4 members (excludes halogenated alkanes) is 7. The molecule has 18 heavy (non-hydrogen) atoms. The summed E-state index contributed by atoms with van der Waals surface area (Å²) in [5.41, 5.74) is 0. The van der Waals surface area contributed by atoms with Crippen LogP contribution in [0.15, 0.2) is 0 Å². The normalized spacial score (nSPS) is 9.67. The third-order valence-corrected chi connectivity index (χ3v) is 2.82. The van der Waals surface area contributed by atoms with Crippen LogP contribution in [0.2, 0.25) is 0 Å². The smallest absolute Gasteiger partial charge is 0.151 e. The van der Waals surface area contributed by atoms with Crippen molar-refractivity contribution in [3.05, 3.63) is 0 Å². The van der Waals surface area contributed by atoms with E-state index >= 15 is 0 Å². The summed E-state index contributed by atoms with van der Waals surface area (Å²) in [5.74, 6) is 0.827. The van der Waals surface area contributed by atoms with Crippen LogP contribution in [0.3, 0.4) is 0 Å². The maximum atomic E-state index is 8.51. The van der Waals surface area contributed by atoms with Gasteiger partial charge in [0.05, 0.1) is 0 Å². The molecule has 0 aliphatic carbocycles. The molecule has 0 amide bonds. The lowest BCUT2D eigenvalue weighted by Crippen LogP contribution is -2.02. The van der Waals surface area contributed by atoms with Crippen LogP contribution >= 0.6 is 24.0 Å². The Labute approximate surface area is 125 Å². The van der Waals surface area contributed by atoms with Crippen molar-refractivity contribution < 1.29 is 10.2 Å². The van der Waals surface area contributed by atoms with Gasteiger partial charge in [-0.25, -0.2) is 0 Å². The van der Waals surface area contributed by atoms with Crippen molar-refractivity contribution in [1.29, 1.82) is 0 Å². The van der Waals surface area contributed by atoms with Gasteiger partial charge in [-0.05, 0) is 19.3 Å². The quantitative estimate of drug-likeness (QED) is 0.343. The molecule has 0 aromatic carbocycles. The number of hydrogen-bond donors (Lipinski definition) is 2. The average Bonchev–Trinajstić information content (AvgIpc) is 2.31. The monoisotopic (exact) mass is 302 g/mol. The maximum absolute atomic E-state index is 8.51. The Kier molecular flexibility index (Phi) is 29.7. The molecule has 0 unspecified atom stereocenters. The zero-order valence-corrected chi connectivity index (χ0v) is 13.6. The lowest BCUT2D eigenvalue weighted by Gasteiger charge is -2.02. The Balaban J connectivity index is -0.000000277. The summed E-state index contributed by atoms with van der Waals surface area (Å²) in [6, 6.07) is 0. The Morgan fingerprint density at radius 3 is 1.61 bits per heavy atom. The van der Waals surface area contributed by atoms with E-state index in [4.69, 9.17) is 21.8 Å². The minimum atomic E-state index is -1.10. The summed E-state index contributed by atoms with van der Waals surface area (Å²) in [6.07, 6.45) is 10.4. The summed E-state index contributed by atoms with van der Waals surface area (Å²) in [4.78, 5) is 0. The molecule has 0 heterocycles. The summed E-state index contributed by atoms with van der Waals surface area (Å²) in [7, 11) is 0. The Hall–Kier alpha value is 0.500. The molecule has 0 radical (unpaired) electrons. The molecule has 0 atom stereocenters. The molecule has 0 aromatic heterocycles. The molecule has 0 fully saturated rings. The highest BCUT2D eigenvalue weighted by Gasteiger charge is 1.95. The van der Waals surface area contributed by atoms with E-state index in [0.717, 1.165) is 18.7 Å². The predicted octanol–water partition coefficient (Wildman–Crippen LogP) is 4.88. The average molecular weight is 303 g/mol. The van der Waals surface area contributed by atoms with Crippen LogP contribution in [0.25, 0.3) is 0 Å². The van der Waals surface area contributed by atoms with Crippen molar-refractivity contribution in [2.45, 2.75) is 84.3 Å². The van der Waals surface area contributed by atoms with Crippen LogP contribution in [0.5, 0.6) is 0 Å². The van der Waals surface area contributed by atoms with E-state index in [1.807, 2.05) is 0 Å². The molecular weight excluding hydrogens is 271 g/mol. The SMILES string of the molecule is CCCCCCCCC(O)O.CCCCCCl.Cl. The van der Waals surface area contributed by atoms with Gasteiger partial charge in [0, 0.05) is 5.88 Å². The highest BCUT2D eigenvalue weighted by atomic mass is 35.5. The van der Waals surface area contributed by atoms with Crippen LogP contribution in [0.1, 0.15) is 78.1 Å². The van der Waals surface area contributed by atoms with Crippen molar-refractivity contribution in [2.24, 2.45) is 0 Å². The first-order valence-electron chi connectivity index (χ1n) is 7.11. The zero-order valence-electron chi connectivity index (χ0n) is 12.0. The molecule has 0 aromatic rings. The van der Waals surface area contributed by atoms with E-state index in [0.29, 0.717) is 6.42 Å². The van der Waals surface area contributed by atoms with Gasteiger partial charge in [0.1, 0.15) is 0 Å². The molecule has 0 spiro atoms. The van der Waals surface area contributed by atoms with E-state index in [2.05, 4.69) is 13.8 Å². The van der Waals surface area contributed by atoms with Crippen LogP contribution < -0.4 is 0 Å². The number of aliphatic hydroxyl groups excluding tert-OH is 1. The van der Waals surface area contributed by atoms with Crippen LogP contribution in [-0.4, -0.2) is 22.4 Å². The fourth-order valence-electron chi connectivity index (χ4n) is 1.45. The molecule has 2 nitrogen and oxygen atoms in total. The van der Waals surface area contributed by atoms with E-state index in [1.54, 1.807) is 0 Å². The Bertz CT molecular complexity index is 118. The molecule has 114 valence electrons. The van der Waals surface area contributed by atoms with Crippen molar-refractivity contribution in [2.75, 3.05) is 5.88 Å². The molecule has 4 heteroatoms. The second kappa shape index (κ2) is 22.7. The number of hydrogen-bond acceptors (Lipinski definition) is 2. The van der Waals surface area contributed by atoms with Crippen LogP contribution in [0.4, 0.5) is 0 Å². The van der Waals surface area contributed by atoms with E-state index < -0.39 is 6.29 Å². The van der Waals surface area contributed by atoms with Gasteiger partial charge in [-0.3, -0.25) is 0 Å². The maximum Gasteiger partial charge on any atom is 0.151 e. The third-order valence-electron chi connectivity index (χ3n) is 2.55. The molecule has 0 saturated carbocycles. The molecule has 0 saturated heterocycles. The summed E-state index contributed by atoms with van der Waals surface area (Å²) < 4.78 is 0. The lowest BCUT2D eigenvalue weighted by molar-refractivity contribution is -0.0466. The van der Waals surface area contributed by atoms with Crippen molar-refractivity contribution in [1.82, 2.24) is 0 Å². The minimum absolute atomic E-state index is 0. The van der Waals surface area contributed by atoms with Gasteiger partial charge in [0.25, 0.3) is 0 Å². The summed E-state index contributed by atoms with van der Waals surface area (Å²) in [6.45, 7) is 4.37. The second-order valence-corrected chi connectivity index (χ2v) is 4.81. The third kappa shape index (κ3) is 30.0. The molecule has 0 bridgehead atoms. The first-order chi connectivity index (χ1) is 8.18. The molecule has 0 aliphatic rings. The van der Waals surface area contributed by atoms with Gasteiger partial charge >= 0.3 is 0 Å². The highest BCUT2D eigenvalue weighted by Crippen LogP contribution is 2.07. The van der Waals surface area contributed by atoms with E-state index in [-0.39, 0.29) is 12.4 Å². The standard InChI is InChI=1S/C9H20O2.C5H11Cl.ClH/c1-2-3-4-5-6-7-8-9(10)11;1-2-3-4-5-6;/h9-11H,2-8H2,1H3;2-5H2,1H3;1H. The first-order valence-corrected chi connectivity index (χ1v) is 7.64. The van der Waals surface area contributed by atoms with Crippen molar-refractivity contribution in [3.63, 3.8) is 0 Å². The van der Waals surface area contributed by atoms with Crippen LogP contribution in [-0.2, 0) is 0 Å². The fraction of sp³-hybridized carbons (Fsp3) is 1.00. The second-order valence-electron chi connectivity index (χ2n) is 4.43. The summed E-state index contributed by atoms with van der Waals surface area (Å²) in [5, 5.41) is 17.0. The Morgan fingerprint density at radius 1 is 0.778 bits per heavy atom. The summed E-state index contributed by atoms with van der Waals surface area (Å²) >= 11 is 5.38.